The fourth-order valence-corrected chi connectivity index (χ4v) is 2.62. The average molecular weight is 280 g/mol. The van der Waals surface area contributed by atoms with Crippen LogP contribution in [-0.2, 0) is 4.74 Å². The van der Waals surface area contributed by atoms with Crippen LogP contribution in [0.4, 0.5) is 4.39 Å². The number of aromatic nitrogens is 1. The standard InChI is InChI=1S/C14H17FN2OS/c1-10-9-11(3-4-12(10)15)13(16-5-7-18-2)14-17-6-8-19-14/h3-4,6,8-9,13,16H,5,7H2,1-2H3. The van der Waals surface area contributed by atoms with Gasteiger partial charge in [-0.2, -0.15) is 0 Å². The SMILES string of the molecule is COCCNC(c1ccc(F)c(C)c1)c1nccs1. The van der Waals surface area contributed by atoms with E-state index in [1.165, 1.54) is 6.07 Å². The summed E-state index contributed by atoms with van der Waals surface area (Å²) in [6.45, 7) is 3.12. The maximum atomic E-state index is 13.4. The van der Waals surface area contributed by atoms with E-state index in [2.05, 4.69) is 10.3 Å². The van der Waals surface area contributed by atoms with E-state index in [9.17, 15) is 4.39 Å². The highest BCUT2D eigenvalue weighted by atomic mass is 32.1. The molecule has 3 nitrogen and oxygen atoms in total. The minimum atomic E-state index is -0.182. The Balaban J connectivity index is 2.23. The van der Waals surface area contributed by atoms with Crippen LogP contribution >= 0.6 is 11.3 Å². The van der Waals surface area contributed by atoms with Crippen molar-refractivity contribution in [3.8, 4) is 0 Å². The first-order valence-electron chi connectivity index (χ1n) is 6.10. The van der Waals surface area contributed by atoms with Crippen molar-refractivity contribution in [3.05, 3.63) is 51.7 Å². The van der Waals surface area contributed by atoms with E-state index in [-0.39, 0.29) is 11.9 Å². The lowest BCUT2D eigenvalue weighted by Crippen LogP contribution is -2.26. The van der Waals surface area contributed by atoms with Crippen molar-refractivity contribution < 1.29 is 9.13 Å². The maximum absolute atomic E-state index is 13.4. The van der Waals surface area contributed by atoms with Crippen LogP contribution in [0.25, 0.3) is 0 Å². The van der Waals surface area contributed by atoms with E-state index in [0.717, 1.165) is 17.1 Å². The number of hydrogen-bond donors (Lipinski definition) is 1. The number of methoxy groups -OCH3 is 1. The van der Waals surface area contributed by atoms with Gasteiger partial charge in [0, 0.05) is 25.2 Å². The first-order chi connectivity index (χ1) is 9.22. The number of nitrogens with one attached hydrogen (secondary N) is 1. The van der Waals surface area contributed by atoms with Crippen molar-refractivity contribution in [2.75, 3.05) is 20.3 Å². The summed E-state index contributed by atoms with van der Waals surface area (Å²) in [5, 5.41) is 6.30. The molecule has 0 fully saturated rings. The van der Waals surface area contributed by atoms with Gasteiger partial charge in [0.2, 0.25) is 0 Å². The van der Waals surface area contributed by atoms with E-state index < -0.39 is 0 Å². The van der Waals surface area contributed by atoms with E-state index >= 15 is 0 Å². The second kappa shape index (κ2) is 6.75. The van der Waals surface area contributed by atoms with Crippen LogP contribution in [0, 0.1) is 12.7 Å². The molecule has 2 aromatic rings. The second-order valence-corrected chi connectivity index (χ2v) is 5.19. The Morgan fingerprint density at radius 3 is 2.95 bits per heavy atom. The number of rotatable bonds is 6. The lowest BCUT2D eigenvalue weighted by atomic mass is 10.0. The molecule has 1 heterocycles. The zero-order valence-electron chi connectivity index (χ0n) is 11.0. The van der Waals surface area contributed by atoms with Crippen molar-refractivity contribution in [1.82, 2.24) is 10.3 Å². The van der Waals surface area contributed by atoms with Gasteiger partial charge in [0.1, 0.15) is 10.8 Å². The lowest BCUT2D eigenvalue weighted by molar-refractivity contribution is 0.197. The molecule has 5 heteroatoms. The fourth-order valence-electron chi connectivity index (χ4n) is 1.88. The molecule has 1 aromatic heterocycles. The molecule has 1 N–H and O–H groups in total. The summed E-state index contributed by atoms with van der Waals surface area (Å²) in [6, 6.07) is 5.15. The molecule has 0 radical (unpaired) electrons. The molecule has 1 aromatic carbocycles. The van der Waals surface area contributed by atoms with E-state index in [1.54, 1.807) is 37.6 Å². The van der Waals surface area contributed by atoms with Crippen LogP contribution in [0.15, 0.2) is 29.8 Å². The van der Waals surface area contributed by atoms with E-state index in [4.69, 9.17) is 4.74 Å². The molecule has 0 aliphatic heterocycles. The van der Waals surface area contributed by atoms with Gasteiger partial charge in [-0.05, 0) is 24.1 Å². The van der Waals surface area contributed by atoms with Gasteiger partial charge < -0.3 is 10.1 Å². The first-order valence-corrected chi connectivity index (χ1v) is 6.98. The van der Waals surface area contributed by atoms with Gasteiger partial charge in [0.05, 0.1) is 12.6 Å². The Morgan fingerprint density at radius 1 is 1.47 bits per heavy atom. The number of thiazole rings is 1. The molecular weight excluding hydrogens is 263 g/mol. The third-order valence-corrected chi connectivity index (χ3v) is 3.71. The molecular formula is C14H17FN2OS. The highest BCUT2D eigenvalue weighted by Crippen LogP contribution is 2.25. The number of hydrogen-bond acceptors (Lipinski definition) is 4. The summed E-state index contributed by atoms with van der Waals surface area (Å²) in [5.41, 5.74) is 1.66. The molecule has 2 rings (SSSR count). The minimum absolute atomic E-state index is 0.0190. The molecule has 1 unspecified atom stereocenters. The Labute approximate surface area is 116 Å². The van der Waals surface area contributed by atoms with E-state index in [1.807, 2.05) is 11.4 Å². The number of ether oxygens (including phenoxy) is 1. The summed E-state index contributed by atoms with van der Waals surface area (Å²) in [6.07, 6.45) is 1.78. The van der Waals surface area contributed by atoms with Gasteiger partial charge in [-0.3, -0.25) is 0 Å². The van der Waals surface area contributed by atoms with Crippen LogP contribution in [0.1, 0.15) is 22.2 Å². The molecule has 1 atom stereocenters. The van der Waals surface area contributed by atoms with Crippen LogP contribution in [0.5, 0.6) is 0 Å². The van der Waals surface area contributed by atoms with E-state index in [0.29, 0.717) is 12.2 Å². The smallest absolute Gasteiger partial charge is 0.126 e. The van der Waals surface area contributed by atoms with Crippen LogP contribution in [-0.4, -0.2) is 25.2 Å². The van der Waals surface area contributed by atoms with Gasteiger partial charge in [0.15, 0.2) is 0 Å². The van der Waals surface area contributed by atoms with Gasteiger partial charge >= 0.3 is 0 Å². The van der Waals surface area contributed by atoms with Crippen LogP contribution < -0.4 is 5.32 Å². The van der Waals surface area contributed by atoms with Crippen molar-refractivity contribution in [2.24, 2.45) is 0 Å². The first kappa shape index (κ1) is 14.1. The molecule has 0 aliphatic rings. The zero-order chi connectivity index (χ0) is 13.7. The average Bonchev–Trinajstić information content (AvgIpc) is 2.92. The zero-order valence-corrected chi connectivity index (χ0v) is 11.8. The summed E-state index contributed by atoms with van der Waals surface area (Å²) in [5.74, 6) is -0.182. The minimum Gasteiger partial charge on any atom is -0.383 e. The third-order valence-electron chi connectivity index (χ3n) is 2.87. The van der Waals surface area contributed by atoms with Crippen molar-refractivity contribution in [1.29, 1.82) is 0 Å². The van der Waals surface area contributed by atoms with Gasteiger partial charge in [0.25, 0.3) is 0 Å². The van der Waals surface area contributed by atoms with Gasteiger partial charge in [-0.25, -0.2) is 9.37 Å². The van der Waals surface area contributed by atoms with Gasteiger partial charge in [-0.15, -0.1) is 11.3 Å². The summed E-state index contributed by atoms with van der Waals surface area (Å²) < 4.78 is 18.4. The molecule has 19 heavy (non-hydrogen) atoms. The summed E-state index contributed by atoms with van der Waals surface area (Å²) in [4.78, 5) is 4.35. The molecule has 0 spiro atoms. The molecule has 0 saturated heterocycles. The Hall–Kier alpha value is -1.30. The Morgan fingerprint density at radius 2 is 2.32 bits per heavy atom. The largest absolute Gasteiger partial charge is 0.383 e. The molecule has 0 saturated carbocycles. The van der Waals surface area contributed by atoms with Crippen molar-refractivity contribution >= 4 is 11.3 Å². The fraction of sp³-hybridized carbons (Fsp3) is 0.357. The maximum Gasteiger partial charge on any atom is 0.126 e. The van der Waals surface area contributed by atoms with Crippen LogP contribution in [0.3, 0.4) is 0 Å². The lowest BCUT2D eigenvalue weighted by Gasteiger charge is -2.17. The topological polar surface area (TPSA) is 34.1 Å². The molecule has 0 bridgehead atoms. The molecule has 0 aliphatic carbocycles. The number of halogens is 1. The predicted molar refractivity (Wildman–Crippen MR) is 75.0 cm³/mol. The second-order valence-electron chi connectivity index (χ2n) is 4.26. The van der Waals surface area contributed by atoms with Gasteiger partial charge in [-0.1, -0.05) is 12.1 Å². The van der Waals surface area contributed by atoms with Crippen molar-refractivity contribution in [2.45, 2.75) is 13.0 Å². The highest BCUT2D eigenvalue weighted by Gasteiger charge is 2.16. The number of nitrogens with zero attached hydrogens (tertiary/aromatic N) is 1. The number of benzene rings is 1. The monoisotopic (exact) mass is 280 g/mol. The summed E-state index contributed by atoms with van der Waals surface area (Å²) >= 11 is 1.59. The molecule has 0 amide bonds. The third kappa shape index (κ3) is 3.59. The Kier molecular flexibility index (Phi) is 5.01. The predicted octanol–water partition coefficient (Wildman–Crippen LogP) is 2.92. The normalized spacial score (nSPS) is 12.6. The molecule has 102 valence electrons. The highest BCUT2D eigenvalue weighted by molar-refractivity contribution is 7.09. The summed E-state index contributed by atoms with van der Waals surface area (Å²) in [7, 11) is 1.67. The van der Waals surface area contributed by atoms with Crippen LogP contribution in [0.2, 0.25) is 0 Å². The number of aryl methyl sites for hydroxylation is 1. The van der Waals surface area contributed by atoms with Crippen molar-refractivity contribution in [3.63, 3.8) is 0 Å². The Bertz CT molecular complexity index is 516. The quantitative estimate of drug-likeness (QED) is 0.826.